The third-order valence-electron chi connectivity index (χ3n) is 2.82. The Balaban J connectivity index is 0.00000133. The van der Waals surface area contributed by atoms with Crippen molar-refractivity contribution in [2.24, 2.45) is 0 Å². The second kappa shape index (κ2) is 6.29. The van der Waals surface area contributed by atoms with E-state index in [1.165, 1.54) is 0 Å². The molecule has 1 saturated heterocycles. The van der Waals surface area contributed by atoms with Gasteiger partial charge >= 0.3 is 0 Å². The zero-order valence-corrected chi connectivity index (χ0v) is 11.7. The number of carbonyl (C=O) groups is 1. The lowest BCUT2D eigenvalue weighted by Crippen LogP contribution is -2.45. The van der Waals surface area contributed by atoms with E-state index in [0.29, 0.717) is 13.2 Å². The fourth-order valence-electron chi connectivity index (χ4n) is 1.89. The van der Waals surface area contributed by atoms with E-state index in [2.05, 4.69) is 15.6 Å². The topological polar surface area (TPSA) is 63.2 Å². The van der Waals surface area contributed by atoms with Gasteiger partial charge in [0.15, 0.2) is 0 Å². The molecule has 0 aliphatic carbocycles. The van der Waals surface area contributed by atoms with Gasteiger partial charge in [0.2, 0.25) is 0 Å². The average molecular weight is 300 g/mol. The summed E-state index contributed by atoms with van der Waals surface area (Å²) in [5, 5.41) is 6.00. The van der Waals surface area contributed by atoms with Crippen LogP contribution in [0.15, 0.2) is 23.7 Å². The summed E-state index contributed by atoms with van der Waals surface area (Å²) in [6.45, 7) is 1.94. The molecule has 0 spiro atoms. The van der Waals surface area contributed by atoms with E-state index in [0.717, 1.165) is 22.4 Å². The third kappa shape index (κ3) is 3.22. The molecule has 0 bridgehead atoms. The number of hydrogen-bond donors (Lipinski definition) is 2. The summed E-state index contributed by atoms with van der Waals surface area (Å²) in [5.74, 6) is -0.105. The van der Waals surface area contributed by atoms with Crippen LogP contribution in [-0.4, -0.2) is 36.7 Å². The van der Waals surface area contributed by atoms with E-state index < -0.39 is 6.10 Å². The number of amides is 1. The van der Waals surface area contributed by atoms with Crippen LogP contribution in [0.4, 0.5) is 5.69 Å². The number of thiazole rings is 1. The maximum atomic E-state index is 12.0. The Labute approximate surface area is 120 Å². The van der Waals surface area contributed by atoms with Gasteiger partial charge in [0.05, 0.1) is 22.3 Å². The van der Waals surface area contributed by atoms with Crippen molar-refractivity contribution in [1.82, 2.24) is 10.3 Å². The molecule has 5 nitrogen and oxygen atoms in total. The van der Waals surface area contributed by atoms with Crippen molar-refractivity contribution in [3.05, 3.63) is 23.7 Å². The van der Waals surface area contributed by atoms with Gasteiger partial charge in [-0.2, -0.15) is 0 Å². The number of nitrogens with one attached hydrogen (secondary N) is 2. The minimum Gasteiger partial charge on any atom is -0.366 e. The smallest absolute Gasteiger partial charge is 0.254 e. The predicted octanol–water partition coefficient (Wildman–Crippen LogP) is 1.64. The van der Waals surface area contributed by atoms with Gasteiger partial charge in [0.1, 0.15) is 6.10 Å². The van der Waals surface area contributed by atoms with Crippen LogP contribution >= 0.6 is 23.7 Å². The van der Waals surface area contributed by atoms with Crippen LogP contribution in [0.2, 0.25) is 0 Å². The zero-order chi connectivity index (χ0) is 12.4. The number of benzene rings is 1. The molecule has 1 aromatic heterocycles. The first-order valence-corrected chi connectivity index (χ1v) is 6.67. The van der Waals surface area contributed by atoms with Crippen molar-refractivity contribution < 1.29 is 9.53 Å². The molecule has 7 heteroatoms. The zero-order valence-electron chi connectivity index (χ0n) is 10.1. The highest BCUT2D eigenvalue weighted by Crippen LogP contribution is 2.22. The maximum Gasteiger partial charge on any atom is 0.254 e. The van der Waals surface area contributed by atoms with Gasteiger partial charge in [-0.3, -0.25) is 4.79 Å². The van der Waals surface area contributed by atoms with Crippen molar-refractivity contribution in [3.63, 3.8) is 0 Å². The van der Waals surface area contributed by atoms with Crippen molar-refractivity contribution in [1.29, 1.82) is 0 Å². The van der Waals surface area contributed by atoms with Crippen LogP contribution in [0, 0.1) is 0 Å². The summed E-state index contributed by atoms with van der Waals surface area (Å²) in [5.41, 5.74) is 3.53. The molecule has 1 unspecified atom stereocenters. The number of aromatic nitrogens is 1. The minimum absolute atomic E-state index is 0. The SMILES string of the molecule is Cl.O=C(Nc1ccc2ncsc2c1)C1CNCCO1. The summed E-state index contributed by atoms with van der Waals surface area (Å²) in [6, 6.07) is 5.69. The Morgan fingerprint density at radius 3 is 3.21 bits per heavy atom. The highest BCUT2D eigenvalue weighted by Gasteiger charge is 2.21. The average Bonchev–Trinajstić information content (AvgIpc) is 2.87. The van der Waals surface area contributed by atoms with Gasteiger partial charge in [-0.1, -0.05) is 0 Å². The molecule has 2 aromatic rings. The number of hydrogen-bond acceptors (Lipinski definition) is 5. The second-order valence-electron chi connectivity index (χ2n) is 4.09. The number of morpholine rings is 1. The Bertz CT molecular complexity index is 569. The van der Waals surface area contributed by atoms with Crippen LogP contribution in [0.5, 0.6) is 0 Å². The number of halogens is 1. The number of nitrogens with zero attached hydrogens (tertiary/aromatic N) is 1. The molecule has 2 N–H and O–H groups in total. The molecule has 0 saturated carbocycles. The number of ether oxygens (including phenoxy) is 1. The first-order chi connectivity index (χ1) is 8.83. The Morgan fingerprint density at radius 1 is 1.53 bits per heavy atom. The lowest BCUT2D eigenvalue weighted by atomic mass is 10.2. The first-order valence-electron chi connectivity index (χ1n) is 5.79. The number of anilines is 1. The molecule has 1 aliphatic heterocycles. The van der Waals surface area contributed by atoms with E-state index in [1.807, 2.05) is 18.2 Å². The second-order valence-corrected chi connectivity index (χ2v) is 4.97. The molecule has 1 fully saturated rings. The fourth-order valence-corrected chi connectivity index (χ4v) is 2.61. The van der Waals surface area contributed by atoms with E-state index in [1.54, 1.807) is 16.8 Å². The molecule has 102 valence electrons. The fraction of sp³-hybridized carbons (Fsp3) is 0.333. The van der Waals surface area contributed by atoms with Crippen molar-refractivity contribution in [3.8, 4) is 0 Å². The lowest BCUT2D eigenvalue weighted by molar-refractivity contribution is -0.128. The molecule has 3 rings (SSSR count). The summed E-state index contributed by atoms with van der Waals surface area (Å²) in [7, 11) is 0. The van der Waals surface area contributed by atoms with Crippen LogP contribution in [0.1, 0.15) is 0 Å². The molecular formula is C12H14ClN3O2S. The summed E-state index contributed by atoms with van der Waals surface area (Å²) in [6.07, 6.45) is -0.407. The molecule has 1 atom stereocenters. The normalized spacial score (nSPS) is 18.8. The van der Waals surface area contributed by atoms with Gasteiger partial charge in [0.25, 0.3) is 5.91 Å². The first kappa shape index (κ1) is 14.2. The summed E-state index contributed by atoms with van der Waals surface area (Å²) >= 11 is 1.56. The van der Waals surface area contributed by atoms with Crippen molar-refractivity contribution >= 4 is 45.6 Å². The third-order valence-corrected chi connectivity index (χ3v) is 3.61. The summed E-state index contributed by atoms with van der Waals surface area (Å²) in [4.78, 5) is 16.2. The molecule has 1 aliphatic rings. The van der Waals surface area contributed by atoms with Crippen LogP contribution in [-0.2, 0) is 9.53 Å². The summed E-state index contributed by atoms with van der Waals surface area (Å²) < 4.78 is 6.47. The van der Waals surface area contributed by atoms with E-state index in [4.69, 9.17) is 4.74 Å². The van der Waals surface area contributed by atoms with E-state index in [9.17, 15) is 4.79 Å². The van der Waals surface area contributed by atoms with Crippen LogP contribution in [0.25, 0.3) is 10.2 Å². The number of rotatable bonds is 2. The molecule has 2 heterocycles. The van der Waals surface area contributed by atoms with E-state index in [-0.39, 0.29) is 18.3 Å². The quantitative estimate of drug-likeness (QED) is 0.885. The molecule has 0 radical (unpaired) electrons. The van der Waals surface area contributed by atoms with E-state index >= 15 is 0 Å². The molecule has 19 heavy (non-hydrogen) atoms. The largest absolute Gasteiger partial charge is 0.366 e. The lowest BCUT2D eigenvalue weighted by Gasteiger charge is -2.22. The highest BCUT2D eigenvalue weighted by atomic mass is 35.5. The van der Waals surface area contributed by atoms with Crippen molar-refractivity contribution in [2.75, 3.05) is 25.0 Å². The standard InChI is InChI=1S/C12H13N3O2S.ClH/c16-12(10-6-13-3-4-17-10)15-8-1-2-9-11(5-8)18-7-14-9;/h1-2,5,7,10,13H,3-4,6H2,(H,15,16);1H. The monoisotopic (exact) mass is 299 g/mol. The number of carbonyl (C=O) groups excluding carboxylic acids is 1. The van der Waals surface area contributed by atoms with Gasteiger partial charge < -0.3 is 15.4 Å². The van der Waals surface area contributed by atoms with Gasteiger partial charge in [-0.05, 0) is 18.2 Å². The van der Waals surface area contributed by atoms with Crippen LogP contribution in [0.3, 0.4) is 0 Å². The molecular weight excluding hydrogens is 286 g/mol. The highest BCUT2D eigenvalue weighted by molar-refractivity contribution is 7.16. The Hall–Kier alpha value is -1.21. The van der Waals surface area contributed by atoms with Gasteiger partial charge in [-0.25, -0.2) is 4.98 Å². The predicted molar refractivity (Wildman–Crippen MR) is 78.1 cm³/mol. The number of fused-ring (bicyclic) bond motifs is 1. The maximum absolute atomic E-state index is 12.0. The van der Waals surface area contributed by atoms with Gasteiger partial charge in [0, 0.05) is 18.8 Å². The molecule has 1 aromatic carbocycles. The minimum atomic E-state index is -0.407. The van der Waals surface area contributed by atoms with Gasteiger partial charge in [-0.15, -0.1) is 23.7 Å². The molecule has 1 amide bonds. The Morgan fingerprint density at radius 2 is 2.42 bits per heavy atom. The Kier molecular flexibility index (Phi) is 4.71. The van der Waals surface area contributed by atoms with Crippen LogP contribution < -0.4 is 10.6 Å². The van der Waals surface area contributed by atoms with Crippen molar-refractivity contribution in [2.45, 2.75) is 6.10 Å².